The van der Waals surface area contributed by atoms with E-state index in [9.17, 15) is 12.8 Å². The van der Waals surface area contributed by atoms with Crippen LogP contribution >= 0.6 is 0 Å². The van der Waals surface area contributed by atoms with Gasteiger partial charge in [-0.2, -0.15) is 0 Å². The molecule has 2 heterocycles. The fraction of sp³-hybridized carbons (Fsp3) is 0.375. The number of rotatable bonds is 6. The van der Waals surface area contributed by atoms with Crippen LogP contribution in [0.1, 0.15) is 12.0 Å². The molecule has 8 heteroatoms. The molecular formula is C16H19FN4O2S. The lowest BCUT2D eigenvalue weighted by Crippen LogP contribution is -2.21. The highest BCUT2D eigenvalue weighted by Gasteiger charge is 2.27. The van der Waals surface area contributed by atoms with Gasteiger partial charge in [0.05, 0.1) is 11.5 Å². The largest absolute Gasteiger partial charge is 0.370 e. The van der Waals surface area contributed by atoms with Gasteiger partial charge in [0.1, 0.15) is 23.8 Å². The van der Waals surface area contributed by atoms with E-state index < -0.39 is 9.84 Å². The molecule has 3 rings (SSSR count). The van der Waals surface area contributed by atoms with Crippen LogP contribution < -0.4 is 10.6 Å². The monoisotopic (exact) mass is 350 g/mol. The van der Waals surface area contributed by atoms with Crippen molar-refractivity contribution in [1.82, 2.24) is 9.97 Å². The Labute approximate surface area is 140 Å². The van der Waals surface area contributed by atoms with Gasteiger partial charge in [0.25, 0.3) is 0 Å². The van der Waals surface area contributed by atoms with Gasteiger partial charge in [-0.15, -0.1) is 0 Å². The maximum atomic E-state index is 13.6. The number of nitrogens with one attached hydrogen (secondary N) is 2. The molecule has 6 nitrogen and oxygen atoms in total. The molecule has 0 saturated carbocycles. The Hall–Kier alpha value is -2.22. The summed E-state index contributed by atoms with van der Waals surface area (Å²) >= 11 is 0. The van der Waals surface area contributed by atoms with Crippen LogP contribution in [0, 0.1) is 5.82 Å². The van der Waals surface area contributed by atoms with Crippen LogP contribution in [-0.2, 0) is 16.3 Å². The molecule has 1 aliphatic rings. The average Bonchev–Trinajstić information content (AvgIpc) is 2.88. The third-order valence-electron chi connectivity index (χ3n) is 3.91. The number of hydrogen-bond donors (Lipinski definition) is 2. The van der Waals surface area contributed by atoms with Crippen molar-refractivity contribution >= 4 is 21.5 Å². The summed E-state index contributed by atoms with van der Waals surface area (Å²) < 4.78 is 36.5. The van der Waals surface area contributed by atoms with Crippen LogP contribution in [0.4, 0.5) is 16.0 Å². The van der Waals surface area contributed by atoms with Gasteiger partial charge in [0, 0.05) is 18.7 Å². The van der Waals surface area contributed by atoms with Crippen molar-refractivity contribution in [3.63, 3.8) is 0 Å². The van der Waals surface area contributed by atoms with Gasteiger partial charge in [-0.3, -0.25) is 0 Å². The van der Waals surface area contributed by atoms with E-state index in [4.69, 9.17) is 0 Å². The minimum atomic E-state index is -2.93. The molecule has 0 amide bonds. The zero-order valence-electron chi connectivity index (χ0n) is 13.1. The maximum absolute atomic E-state index is 13.6. The molecule has 1 aliphatic heterocycles. The number of sulfone groups is 1. The van der Waals surface area contributed by atoms with E-state index in [0.717, 1.165) is 0 Å². The standard InChI is InChI=1S/C16H19FN4O2S/c17-14-4-2-1-3-12(14)5-7-18-15-9-16(20-11-19-15)21-13-6-8-24(22,23)10-13/h1-4,9,11,13H,5-8,10H2,(H2,18,19,20,21). The fourth-order valence-corrected chi connectivity index (χ4v) is 4.35. The minimum Gasteiger partial charge on any atom is -0.370 e. The summed E-state index contributed by atoms with van der Waals surface area (Å²) in [5.74, 6) is 1.33. The predicted octanol–water partition coefficient (Wildman–Crippen LogP) is 1.87. The summed E-state index contributed by atoms with van der Waals surface area (Å²) in [7, 11) is -2.93. The number of anilines is 2. The molecule has 1 unspecified atom stereocenters. The molecule has 24 heavy (non-hydrogen) atoms. The molecule has 2 aromatic rings. The number of hydrogen-bond acceptors (Lipinski definition) is 6. The molecule has 0 bridgehead atoms. The topological polar surface area (TPSA) is 84.0 Å². The Bertz CT molecular complexity index is 813. The molecule has 128 valence electrons. The quantitative estimate of drug-likeness (QED) is 0.827. The lowest BCUT2D eigenvalue weighted by molar-refractivity contribution is 0.602. The molecular weight excluding hydrogens is 331 g/mol. The third-order valence-corrected chi connectivity index (χ3v) is 5.68. The van der Waals surface area contributed by atoms with Crippen molar-refractivity contribution in [3.05, 3.63) is 48.0 Å². The van der Waals surface area contributed by atoms with Gasteiger partial charge in [0.2, 0.25) is 0 Å². The van der Waals surface area contributed by atoms with Crippen LogP contribution in [0.25, 0.3) is 0 Å². The summed E-state index contributed by atoms with van der Waals surface area (Å²) in [6, 6.07) is 8.28. The first-order valence-electron chi connectivity index (χ1n) is 7.78. The van der Waals surface area contributed by atoms with E-state index in [0.29, 0.717) is 36.6 Å². The smallest absolute Gasteiger partial charge is 0.152 e. The second-order valence-electron chi connectivity index (χ2n) is 5.80. The highest BCUT2D eigenvalue weighted by Crippen LogP contribution is 2.17. The number of aromatic nitrogens is 2. The second kappa shape index (κ2) is 7.12. The molecule has 1 aromatic carbocycles. The lowest BCUT2D eigenvalue weighted by atomic mass is 10.1. The maximum Gasteiger partial charge on any atom is 0.152 e. The Morgan fingerprint density at radius 3 is 2.75 bits per heavy atom. The van der Waals surface area contributed by atoms with Crippen molar-refractivity contribution in [2.45, 2.75) is 18.9 Å². The number of nitrogens with zero attached hydrogens (tertiary/aromatic N) is 2. The molecule has 1 aromatic heterocycles. The highest BCUT2D eigenvalue weighted by molar-refractivity contribution is 7.91. The van der Waals surface area contributed by atoms with Crippen LogP contribution in [0.2, 0.25) is 0 Å². The van der Waals surface area contributed by atoms with Crippen LogP contribution in [0.5, 0.6) is 0 Å². The first-order valence-corrected chi connectivity index (χ1v) is 9.60. The SMILES string of the molecule is O=S1(=O)CCC(Nc2cc(NCCc3ccccc3F)ncn2)C1. The van der Waals surface area contributed by atoms with Crippen LogP contribution in [-0.4, -0.2) is 42.5 Å². The Kier molecular flexibility index (Phi) is 4.94. The summed E-state index contributed by atoms with van der Waals surface area (Å²) in [6.45, 7) is 0.537. The average molecular weight is 350 g/mol. The van der Waals surface area contributed by atoms with Gasteiger partial charge < -0.3 is 10.6 Å². The second-order valence-corrected chi connectivity index (χ2v) is 8.03. The zero-order valence-corrected chi connectivity index (χ0v) is 13.9. The Balaban J connectivity index is 1.55. The lowest BCUT2D eigenvalue weighted by Gasteiger charge is -2.12. The van der Waals surface area contributed by atoms with Gasteiger partial charge in [-0.05, 0) is 24.5 Å². The molecule has 1 saturated heterocycles. The van der Waals surface area contributed by atoms with Gasteiger partial charge >= 0.3 is 0 Å². The van der Waals surface area contributed by atoms with E-state index >= 15 is 0 Å². The minimum absolute atomic E-state index is 0.115. The number of halogens is 1. The van der Waals surface area contributed by atoms with Crippen LogP contribution in [0.3, 0.4) is 0 Å². The normalized spacial score (nSPS) is 19.1. The van der Waals surface area contributed by atoms with Gasteiger partial charge in [-0.1, -0.05) is 18.2 Å². The van der Waals surface area contributed by atoms with Gasteiger partial charge in [-0.25, -0.2) is 22.8 Å². The predicted molar refractivity (Wildman–Crippen MR) is 91.3 cm³/mol. The first kappa shape index (κ1) is 16.6. The van der Waals surface area contributed by atoms with Crippen molar-refractivity contribution in [2.75, 3.05) is 28.7 Å². The van der Waals surface area contributed by atoms with E-state index in [2.05, 4.69) is 20.6 Å². The highest BCUT2D eigenvalue weighted by atomic mass is 32.2. The van der Waals surface area contributed by atoms with E-state index in [1.165, 1.54) is 12.4 Å². The summed E-state index contributed by atoms with van der Waals surface area (Å²) in [4.78, 5) is 8.24. The van der Waals surface area contributed by atoms with Gasteiger partial charge in [0.15, 0.2) is 9.84 Å². The number of benzene rings is 1. The summed E-state index contributed by atoms with van der Waals surface area (Å²) in [6.07, 6.45) is 2.54. The molecule has 0 aliphatic carbocycles. The van der Waals surface area contributed by atoms with E-state index in [1.54, 1.807) is 24.3 Å². The third kappa shape index (κ3) is 4.41. The van der Waals surface area contributed by atoms with Crippen molar-refractivity contribution < 1.29 is 12.8 Å². The van der Waals surface area contributed by atoms with Crippen molar-refractivity contribution in [2.24, 2.45) is 0 Å². The fourth-order valence-electron chi connectivity index (χ4n) is 2.68. The van der Waals surface area contributed by atoms with Crippen molar-refractivity contribution in [1.29, 1.82) is 0 Å². The summed E-state index contributed by atoms with van der Waals surface area (Å²) in [5.41, 5.74) is 0.647. The van der Waals surface area contributed by atoms with Crippen LogP contribution in [0.15, 0.2) is 36.7 Å². The Morgan fingerprint density at radius 1 is 1.21 bits per heavy atom. The molecule has 0 spiro atoms. The zero-order chi connectivity index (χ0) is 17.0. The molecule has 2 N–H and O–H groups in total. The Morgan fingerprint density at radius 2 is 2.00 bits per heavy atom. The molecule has 0 radical (unpaired) electrons. The molecule has 1 fully saturated rings. The first-order chi connectivity index (χ1) is 11.5. The van der Waals surface area contributed by atoms with E-state index in [-0.39, 0.29) is 23.4 Å². The van der Waals surface area contributed by atoms with E-state index in [1.807, 2.05) is 0 Å². The van der Waals surface area contributed by atoms with Crippen molar-refractivity contribution in [3.8, 4) is 0 Å². The summed E-state index contributed by atoms with van der Waals surface area (Å²) in [5, 5.41) is 6.25. The molecule has 1 atom stereocenters.